The lowest BCUT2D eigenvalue weighted by molar-refractivity contribution is -0.234. The molecule has 0 aromatic rings. The minimum absolute atomic E-state index is 0.448. The molecule has 74 valence electrons. The second kappa shape index (κ2) is 8.97. The molecule has 0 rings (SSSR count). The average molecular weight is 176 g/mol. The minimum Gasteiger partial charge on any atom is -0.346 e. The molecule has 0 saturated heterocycles. The van der Waals surface area contributed by atoms with Crippen molar-refractivity contribution in [2.75, 3.05) is 6.61 Å². The van der Waals surface area contributed by atoms with E-state index in [1.807, 2.05) is 0 Å². The number of hydrogen-bond acceptors (Lipinski definition) is 3. The molecule has 3 heteroatoms. The van der Waals surface area contributed by atoms with E-state index in [1.165, 1.54) is 25.7 Å². The maximum atomic E-state index is 8.33. The molecule has 2 N–H and O–H groups in total. The molecule has 3 nitrogen and oxygen atoms in total. The first-order valence-electron chi connectivity index (χ1n) is 4.75. The third kappa shape index (κ3) is 9.88. The lowest BCUT2D eigenvalue weighted by Crippen LogP contribution is -2.10. The summed E-state index contributed by atoms with van der Waals surface area (Å²) in [6, 6.07) is 0. The van der Waals surface area contributed by atoms with E-state index in [1.54, 1.807) is 0 Å². The van der Waals surface area contributed by atoms with Gasteiger partial charge in [0.1, 0.15) is 0 Å². The Balaban J connectivity index is 2.82. The third-order valence-electron chi connectivity index (χ3n) is 1.76. The zero-order valence-electron chi connectivity index (χ0n) is 7.83. The van der Waals surface area contributed by atoms with Crippen molar-refractivity contribution in [1.82, 2.24) is 0 Å². The van der Waals surface area contributed by atoms with Crippen molar-refractivity contribution in [3.8, 4) is 0 Å². The maximum Gasteiger partial charge on any atom is 0.266 e. The number of rotatable bonds is 8. The van der Waals surface area contributed by atoms with Crippen LogP contribution in [0.15, 0.2) is 0 Å². The highest BCUT2D eigenvalue weighted by molar-refractivity contribution is 4.42. The van der Waals surface area contributed by atoms with Crippen LogP contribution < -0.4 is 0 Å². The lowest BCUT2D eigenvalue weighted by Gasteiger charge is -2.04. The summed E-state index contributed by atoms with van der Waals surface area (Å²) in [5.41, 5.74) is 0. The molecular weight excluding hydrogens is 156 g/mol. The average Bonchev–Trinajstić information content (AvgIpc) is 2.02. The predicted octanol–water partition coefficient (Wildman–Crippen LogP) is 1.63. The minimum atomic E-state index is -1.60. The van der Waals surface area contributed by atoms with Crippen molar-refractivity contribution >= 4 is 0 Å². The largest absolute Gasteiger partial charge is 0.346 e. The molecule has 0 aliphatic heterocycles. The van der Waals surface area contributed by atoms with Gasteiger partial charge in [-0.25, -0.2) is 0 Å². The molecule has 0 aromatic carbocycles. The molecule has 0 aliphatic carbocycles. The van der Waals surface area contributed by atoms with E-state index in [4.69, 9.17) is 10.2 Å². The highest BCUT2D eigenvalue weighted by atomic mass is 16.7. The van der Waals surface area contributed by atoms with Gasteiger partial charge in [-0.3, -0.25) is 0 Å². The van der Waals surface area contributed by atoms with E-state index in [0.717, 1.165) is 12.8 Å². The van der Waals surface area contributed by atoms with Crippen molar-refractivity contribution in [3.63, 3.8) is 0 Å². The molecule has 12 heavy (non-hydrogen) atoms. The summed E-state index contributed by atoms with van der Waals surface area (Å²) in [4.78, 5) is 0. The Morgan fingerprint density at radius 3 is 2.17 bits per heavy atom. The topological polar surface area (TPSA) is 49.7 Å². The van der Waals surface area contributed by atoms with Gasteiger partial charge in [-0.1, -0.05) is 39.0 Å². The van der Waals surface area contributed by atoms with E-state index < -0.39 is 6.48 Å². The van der Waals surface area contributed by atoms with Gasteiger partial charge >= 0.3 is 0 Å². The Morgan fingerprint density at radius 2 is 1.58 bits per heavy atom. The zero-order chi connectivity index (χ0) is 9.23. The summed E-state index contributed by atoms with van der Waals surface area (Å²) in [6.07, 6.45) is 7.08. The zero-order valence-corrected chi connectivity index (χ0v) is 7.83. The van der Waals surface area contributed by atoms with Crippen molar-refractivity contribution in [3.05, 3.63) is 0 Å². The Hall–Kier alpha value is -0.120. The maximum absolute atomic E-state index is 8.33. The van der Waals surface area contributed by atoms with Gasteiger partial charge in [0.25, 0.3) is 6.48 Å². The van der Waals surface area contributed by atoms with Gasteiger partial charge in [0, 0.05) is 0 Å². The van der Waals surface area contributed by atoms with Gasteiger partial charge in [0.15, 0.2) is 0 Å². The third-order valence-corrected chi connectivity index (χ3v) is 1.76. The predicted molar refractivity (Wildman–Crippen MR) is 47.6 cm³/mol. The normalized spacial score (nSPS) is 11.0. The van der Waals surface area contributed by atoms with Gasteiger partial charge in [-0.05, 0) is 6.42 Å². The summed E-state index contributed by atoms with van der Waals surface area (Å²) < 4.78 is 4.56. The summed E-state index contributed by atoms with van der Waals surface area (Å²) >= 11 is 0. The number of unbranched alkanes of at least 4 members (excludes halogenated alkanes) is 5. The summed E-state index contributed by atoms with van der Waals surface area (Å²) in [7, 11) is 0. The van der Waals surface area contributed by atoms with Gasteiger partial charge in [0.05, 0.1) is 6.61 Å². The van der Waals surface area contributed by atoms with Crippen LogP contribution in [0.4, 0.5) is 0 Å². The standard InChI is InChI=1S/C9H20O3/c1-2-3-4-5-6-7-8-12-9(10)11/h9-11H,2-8H2,1H3. The lowest BCUT2D eigenvalue weighted by atomic mass is 10.1. The smallest absolute Gasteiger partial charge is 0.266 e. The second-order valence-electron chi connectivity index (χ2n) is 2.96. The van der Waals surface area contributed by atoms with Gasteiger partial charge in [-0.15, -0.1) is 0 Å². The van der Waals surface area contributed by atoms with Gasteiger partial charge in [0.2, 0.25) is 0 Å². The first-order valence-corrected chi connectivity index (χ1v) is 4.75. The second-order valence-corrected chi connectivity index (χ2v) is 2.96. The van der Waals surface area contributed by atoms with E-state index in [0.29, 0.717) is 6.61 Å². The molecule has 0 radical (unpaired) electrons. The van der Waals surface area contributed by atoms with Crippen LogP contribution >= 0.6 is 0 Å². The molecule has 0 aromatic heterocycles. The Morgan fingerprint density at radius 1 is 1.00 bits per heavy atom. The molecule has 0 bridgehead atoms. The van der Waals surface area contributed by atoms with E-state index in [9.17, 15) is 0 Å². The summed E-state index contributed by atoms with van der Waals surface area (Å²) in [5, 5.41) is 16.7. The van der Waals surface area contributed by atoms with Crippen LogP contribution in [0.1, 0.15) is 45.4 Å². The van der Waals surface area contributed by atoms with Crippen LogP contribution in [-0.2, 0) is 4.74 Å². The quantitative estimate of drug-likeness (QED) is 0.436. The molecule has 0 saturated carbocycles. The van der Waals surface area contributed by atoms with Crippen LogP contribution in [0.5, 0.6) is 0 Å². The Kier molecular flexibility index (Phi) is 8.88. The van der Waals surface area contributed by atoms with Crippen molar-refractivity contribution in [1.29, 1.82) is 0 Å². The SMILES string of the molecule is CCCCCCCCOC(O)O. The number of hydrogen-bond donors (Lipinski definition) is 2. The Bertz CT molecular complexity index is 83.8. The Labute approximate surface area is 74.4 Å². The van der Waals surface area contributed by atoms with Crippen LogP contribution in [0, 0.1) is 0 Å². The fraction of sp³-hybridized carbons (Fsp3) is 1.00. The van der Waals surface area contributed by atoms with Crippen molar-refractivity contribution in [2.45, 2.75) is 51.9 Å². The van der Waals surface area contributed by atoms with Crippen LogP contribution in [-0.4, -0.2) is 23.3 Å². The molecule has 0 fully saturated rings. The number of aliphatic hydroxyl groups excluding tert-OH is 1. The molecule has 0 heterocycles. The number of ether oxygens (including phenoxy) is 1. The molecule has 0 aliphatic rings. The molecule has 0 atom stereocenters. The molecular formula is C9H20O3. The van der Waals surface area contributed by atoms with Crippen LogP contribution in [0.2, 0.25) is 0 Å². The van der Waals surface area contributed by atoms with Crippen molar-refractivity contribution < 1.29 is 14.9 Å². The van der Waals surface area contributed by atoms with Crippen LogP contribution in [0.25, 0.3) is 0 Å². The van der Waals surface area contributed by atoms with E-state index in [2.05, 4.69) is 11.7 Å². The van der Waals surface area contributed by atoms with E-state index in [-0.39, 0.29) is 0 Å². The summed E-state index contributed by atoms with van der Waals surface area (Å²) in [5.74, 6) is 0. The molecule has 0 amide bonds. The first-order chi connectivity index (χ1) is 5.77. The van der Waals surface area contributed by atoms with Gasteiger partial charge in [-0.2, -0.15) is 0 Å². The fourth-order valence-electron chi connectivity index (χ4n) is 1.07. The summed E-state index contributed by atoms with van der Waals surface area (Å²) in [6.45, 7) is 1.04. The fourth-order valence-corrected chi connectivity index (χ4v) is 1.07. The highest BCUT2D eigenvalue weighted by Gasteiger charge is 1.95. The molecule has 0 unspecified atom stereocenters. The monoisotopic (exact) mass is 176 g/mol. The first kappa shape index (κ1) is 11.9. The van der Waals surface area contributed by atoms with Crippen molar-refractivity contribution in [2.24, 2.45) is 0 Å². The van der Waals surface area contributed by atoms with Gasteiger partial charge < -0.3 is 14.9 Å². The van der Waals surface area contributed by atoms with E-state index >= 15 is 0 Å². The molecule has 0 spiro atoms. The number of aliphatic hydroxyl groups is 2. The van der Waals surface area contributed by atoms with Crippen LogP contribution in [0.3, 0.4) is 0 Å². The highest BCUT2D eigenvalue weighted by Crippen LogP contribution is 2.04.